The van der Waals surface area contributed by atoms with Crippen LogP contribution in [-0.2, 0) is 14.3 Å². The molecule has 114 valence electrons. The average Bonchev–Trinajstić information content (AvgIpc) is 2.60. The van der Waals surface area contributed by atoms with Crippen molar-refractivity contribution >= 4 is 11.9 Å². The highest BCUT2D eigenvalue weighted by Gasteiger charge is 2.68. The summed E-state index contributed by atoms with van der Waals surface area (Å²) < 4.78 is 33.1. The predicted molar refractivity (Wildman–Crippen MR) is 64.9 cm³/mol. The Morgan fingerprint density at radius 3 is 2.75 bits per heavy atom. The van der Waals surface area contributed by atoms with E-state index in [-0.39, 0.29) is 19.6 Å². The van der Waals surface area contributed by atoms with Crippen molar-refractivity contribution in [2.45, 2.75) is 38.7 Å². The van der Waals surface area contributed by atoms with Gasteiger partial charge in [0.25, 0.3) is 5.92 Å². The molecule has 0 aromatic rings. The second-order valence-corrected chi connectivity index (χ2v) is 5.74. The average molecular weight is 291 g/mol. The van der Waals surface area contributed by atoms with E-state index in [1.54, 1.807) is 6.92 Å². The molecule has 1 amide bonds. The molecule has 0 aromatic heterocycles. The molecule has 20 heavy (non-hydrogen) atoms. The Hall–Kier alpha value is -1.24. The fraction of sp³-hybridized carbons (Fsp3) is 0.846. The van der Waals surface area contributed by atoms with Gasteiger partial charge in [0.05, 0.1) is 6.61 Å². The summed E-state index contributed by atoms with van der Waals surface area (Å²) in [5, 5.41) is 11.1. The number of carbonyl (C=O) groups excluding carboxylic acids is 2. The maximum atomic E-state index is 14.0. The van der Waals surface area contributed by atoms with E-state index in [4.69, 9.17) is 9.84 Å². The first-order valence-electron chi connectivity index (χ1n) is 6.73. The van der Waals surface area contributed by atoms with Gasteiger partial charge in [-0.15, -0.1) is 0 Å². The summed E-state index contributed by atoms with van der Waals surface area (Å²) >= 11 is 0. The molecule has 5 nitrogen and oxygen atoms in total. The van der Waals surface area contributed by atoms with Crippen molar-refractivity contribution in [1.29, 1.82) is 0 Å². The van der Waals surface area contributed by atoms with Crippen molar-refractivity contribution < 1.29 is 28.2 Å². The van der Waals surface area contributed by atoms with Crippen LogP contribution in [0.5, 0.6) is 0 Å². The molecule has 0 spiro atoms. The molecule has 2 fully saturated rings. The molecule has 4 atom stereocenters. The standard InChI is InChI=1S/C13H19F2NO4/c1-7-5-9-8(2)20-11(19)12(9,6-13(7,14)15)10(18)16-3-4-17/h7-9,17H,3-6H2,1-2H3,(H,16,18)/t7?,8-,9?,12?/m1/s1. The number of fused-ring (bicyclic) bond motifs is 1. The Bertz CT molecular complexity index is 429. The molecule has 3 unspecified atom stereocenters. The molecule has 1 saturated heterocycles. The predicted octanol–water partition coefficient (Wildman–Crippen LogP) is 0.708. The van der Waals surface area contributed by atoms with E-state index >= 15 is 0 Å². The zero-order valence-electron chi connectivity index (χ0n) is 11.5. The first kappa shape index (κ1) is 15.2. The van der Waals surface area contributed by atoms with E-state index in [9.17, 15) is 18.4 Å². The van der Waals surface area contributed by atoms with Crippen molar-refractivity contribution in [2.75, 3.05) is 13.2 Å². The van der Waals surface area contributed by atoms with Gasteiger partial charge in [-0.3, -0.25) is 9.59 Å². The summed E-state index contributed by atoms with van der Waals surface area (Å²) in [6.45, 7) is 2.66. The summed E-state index contributed by atoms with van der Waals surface area (Å²) in [4.78, 5) is 24.3. The van der Waals surface area contributed by atoms with Gasteiger partial charge < -0.3 is 15.2 Å². The van der Waals surface area contributed by atoms with E-state index < -0.39 is 47.6 Å². The molecule has 7 heteroatoms. The summed E-state index contributed by atoms with van der Waals surface area (Å²) in [5.41, 5.74) is -1.83. The van der Waals surface area contributed by atoms with Crippen LogP contribution in [0.25, 0.3) is 0 Å². The van der Waals surface area contributed by atoms with Gasteiger partial charge >= 0.3 is 5.97 Å². The lowest BCUT2D eigenvalue weighted by Crippen LogP contribution is -2.56. The zero-order chi connectivity index (χ0) is 15.1. The first-order valence-corrected chi connectivity index (χ1v) is 6.73. The molecule has 1 saturated carbocycles. The van der Waals surface area contributed by atoms with Gasteiger partial charge in [-0.2, -0.15) is 0 Å². The van der Waals surface area contributed by atoms with Crippen LogP contribution < -0.4 is 5.32 Å². The summed E-state index contributed by atoms with van der Waals surface area (Å²) in [6, 6.07) is 0. The van der Waals surface area contributed by atoms with Crippen molar-refractivity contribution in [3.63, 3.8) is 0 Å². The monoisotopic (exact) mass is 291 g/mol. The zero-order valence-corrected chi connectivity index (χ0v) is 11.5. The lowest BCUT2D eigenvalue weighted by molar-refractivity contribution is -0.172. The summed E-state index contributed by atoms with van der Waals surface area (Å²) in [6.07, 6.45) is -1.32. The smallest absolute Gasteiger partial charge is 0.322 e. The third-order valence-corrected chi connectivity index (χ3v) is 4.50. The summed E-state index contributed by atoms with van der Waals surface area (Å²) in [7, 11) is 0. The highest BCUT2D eigenvalue weighted by molar-refractivity contribution is 6.04. The minimum absolute atomic E-state index is 0.0620. The van der Waals surface area contributed by atoms with Gasteiger partial charge in [0.2, 0.25) is 5.91 Å². The van der Waals surface area contributed by atoms with Crippen LogP contribution in [0.1, 0.15) is 26.7 Å². The van der Waals surface area contributed by atoms with Crippen molar-refractivity contribution in [3.8, 4) is 0 Å². The van der Waals surface area contributed by atoms with Crippen LogP contribution >= 0.6 is 0 Å². The molecule has 1 aliphatic heterocycles. The molecule has 1 aliphatic carbocycles. The largest absolute Gasteiger partial charge is 0.462 e. The molecule has 2 aliphatic rings. The second kappa shape index (κ2) is 4.95. The number of nitrogens with one attached hydrogen (secondary N) is 1. The maximum Gasteiger partial charge on any atom is 0.322 e. The van der Waals surface area contributed by atoms with Gasteiger partial charge in [0, 0.05) is 24.8 Å². The van der Waals surface area contributed by atoms with E-state index in [2.05, 4.69) is 5.32 Å². The quantitative estimate of drug-likeness (QED) is 0.593. The highest BCUT2D eigenvalue weighted by atomic mass is 19.3. The van der Waals surface area contributed by atoms with Gasteiger partial charge in [0.1, 0.15) is 6.10 Å². The van der Waals surface area contributed by atoms with Crippen LogP contribution in [0, 0.1) is 17.3 Å². The molecule has 1 heterocycles. The molecule has 2 rings (SSSR count). The fourth-order valence-corrected chi connectivity index (χ4v) is 3.27. The van der Waals surface area contributed by atoms with Crippen molar-refractivity contribution in [2.24, 2.45) is 17.3 Å². The van der Waals surface area contributed by atoms with E-state index in [1.165, 1.54) is 6.92 Å². The van der Waals surface area contributed by atoms with Crippen LogP contribution in [0.3, 0.4) is 0 Å². The fourth-order valence-electron chi connectivity index (χ4n) is 3.27. The van der Waals surface area contributed by atoms with Gasteiger partial charge in [-0.25, -0.2) is 8.78 Å². The molecule has 0 radical (unpaired) electrons. The number of ether oxygens (including phenoxy) is 1. The SMILES string of the molecule is CC1CC2[C@@H](C)OC(=O)C2(C(=O)NCCO)CC1(F)F. The third kappa shape index (κ3) is 2.08. The van der Waals surface area contributed by atoms with Crippen molar-refractivity contribution in [1.82, 2.24) is 5.32 Å². The van der Waals surface area contributed by atoms with Gasteiger partial charge in [0.15, 0.2) is 5.41 Å². The molecule has 0 bridgehead atoms. The maximum absolute atomic E-state index is 14.0. The Balaban J connectivity index is 2.37. The van der Waals surface area contributed by atoms with Crippen LogP contribution in [0.2, 0.25) is 0 Å². The molecular weight excluding hydrogens is 272 g/mol. The number of esters is 1. The van der Waals surface area contributed by atoms with E-state index in [0.717, 1.165) is 0 Å². The number of alkyl halides is 2. The third-order valence-electron chi connectivity index (χ3n) is 4.50. The lowest BCUT2D eigenvalue weighted by Gasteiger charge is -2.42. The molecule has 0 aromatic carbocycles. The van der Waals surface area contributed by atoms with Gasteiger partial charge in [-0.1, -0.05) is 6.92 Å². The number of carbonyl (C=O) groups is 2. The number of cyclic esters (lactones) is 1. The number of hydrogen-bond acceptors (Lipinski definition) is 4. The number of aliphatic hydroxyl groups is 1. The number of rotatable bonds is 3. The van der Waals surface area contributed by atoms with E-state index in [0.29, 0.717) is 0 Å². The normalized spacial score (nSPS) is 39.0. The van der Waals surface area contributed by atoms with Gasteiger partial charge in [-0.05, 0) is 13.3 Å². The van der Waals surface area contributed by atoms with Crippen LogP contribution in [0.15, 0.2) is 0 Å². The summed E-state index contributed by atoms with van der Waals surface area (Å²) in [5.74, 6) is -6.18. The Kier molecular flexibility index (Phi) is 3.75. The second-order valence-electron chi connectivity index (χ2n) is 5.74. The highest BCUT2D eigenvalue weighted by Crippen LogP contribution is 2.56. The minimum atomic E-state index is -3.09. The Labute approximate surface area is 115 Å². The Morgan fingerprint density at radius 1 is 1.50 bits per heavy atom. The lowest BCUT2D eigenvalue weighted by atomic mass is 9.61. The van der Waals surface area contributed by atoms with Crippen LogP contribution in [-0.4, -0.2) is 42.2 Å². The molecule has 2 N–H and O–H groups in total. The Morgan fingerprint density at radius 2 is 2.15 bits per heavy atom. The van der Waals surface area contributed by atoms with E-state index in [1.807, 2.05) is 0 Å². The first-order chi connectivity index (χ1) is 9.25. The van der Waals surface area contributed by atoms with Crippen molar-refractivity contribution in [3.05, 3.63) is 0 Å². The number of hydrogen-bond donors (Lipinski definition) is 2. The minimum Gasteiger partial charge on any atom is -0.462 e. The topological polar surface area (TPSA) is 75.6 Å². The number of aliphatic hydroxyl groups excluding tert-OH is 1. The van der Waals surface area contributed by atoms with Crippen LogP contribution in [0.4, 0.5) is 8.78 Å². The molecular formula is C13H19F2NO4. The number of amides is 1. The number of halogens is 2.